The Kier molecular flexibility index (Phi) is 4.78. The summed E-state index contributed by atoms with van der Waals surface area (Å²) >= 11 is 0. The van der Waals surface area contributed by atoms with Crippen LogP contribution < -0.4 is 10.9 Å². The zero-order chi connectivity index (χ0) is 17.4. The number of amides is 1. The number of carbonyl (C=O) groups is 2. The third kappa shape index (κ3) is 3.54. The summed E-state index contributed by atoms with van der Waals surface area (Å²) in [5.41, 5.74) is 5.65. The van der Waals surface area contributed by atoms with E-state index in [1.54, 1.807) is 11.8 Å². The number of carboxylic acid groups (broad SMARTS) is 1. The van der Waals surface area contributed by atoms with Gasteiger partial charge in [0.05, 0.1) is 6.04 Å². The summed E-state index contributed by atoms with van der Waals surface area (Å²) in [7, 11) is -4.18. The lowest BCUT2D eigenvalue weighted by Crippen LogP contribution is -2.45. The van der Waals surface area contributed by atoms with Crippen molar-refractivity contribution in [3.63, 3.8) is 0 Å². The number of aromatic carboxylic acids is 1. The average Bonchev–Trinajstić information content (AvgIpc) is 2.91. The van der Waals surface area contributed by atoms with Crippen LogP contribution in [0.4, 0.5) is 0 Å². The summed E-state index contributed by atoms with van der Waals surface area (Å²) in [6, 6.07) is 0.881. The van der Waals surface area contributed by atoms with Gasteiger partial charge in [0.1, 0.15) is 5.69 Å². The zero-order valence-corrected chi connectivity index (χ0v) is 13.5. The van der Waals surface area contributed by atoms with Gasteiger partial charge in [-0.3, -0.25) is 4.79 Å². The smallest absolute Gasteiger partial charge is 0.353 e. The SMILES string of the molecule is C[C@@H](N)C(=O)N1CCC(c2ccn(S(N)(=O)=O)c2C(=O)O)CC1. The fourth-order valence-electron chi connectivity index (χ4n) is 2.89. The van der Waals surface area contributed by atoms with Gasteiger partial charge in [-0.05, 0) is 37.3 Å². The molecule has 1 amide bonds. The molecule has 1 aliphatic rings. The first-order valence-electron chi connectivity index (χ1n) is 7.15. The summed E-state index contributed by atoms with van der Waals surface area (Å²) in [5, 5.41) is 14.4. The lowest BCUT2D eigenvalue weighted by Gasteiger charge is -2.33. The Bertz CT molecular complexity index is 717. The highest BCUT2D eigenvalue weighted by Gasteiger charge is 2.30. The fraction of sp³-hybridized carbons (Fsp3) is 0.538. The molecule has 5 N–H and O–H groups in total. The Balaban J connectivity index is 2.24. The summed E-state index contributed by atoms with van der Waals surface area (Å²) in [6.45, 7) is 2.51. The fourth-order valence-corrected chi connectivity index (χ4v) is 3.56. The third-order valence-corrected chi connectivity index (χ3v) is 4.85. The Morgan fingerprint density at radius 3 is 2.35 bits per heavy atom. The normalized spacial score (nSPS) is 18.0. The molecule has 0 aliphatic carbocycles. The highest BCUT2D eigenvalue weighted by atomic mass is 32.2. The standard InChI is InChI=1S/C13H20N4O5S/c1-8(14)12(18)16-5-2-9(3-6-16)10-4-7-17(23(15,21)22)11(10)13(19)20/h4,7-9H,2-3,5-6,14H2,1H3,(H,19,20)(H2,15,21,22)/t8-/m1/s1. The molecule has 1 saturated heterocycles. The van der Waals surface area contributed by atoms with Crippen molar-refractivity contribution in [2.24, 2.45) is 10.9 Å². The molecule has 10 heteroatoms. The van der Waals surface area contributed by atoms with Crippen molar-refractivity contribution in [2.75, 3.05) is 13.1 Å². The number of rotatable bonds is 4. The van der Waals surface area contributed by atoms with Crippen LogP contribution in [0.5, 0.6) is 0 Å². The number of aromatic nitrogens is 1. The molecular weight excluding hydrogens is 324 g/mol. The van der Waals surface area contributed by atoms with Crippen LogP contribution in [0.1, 0.15) is 41.7 Å². The second-order valence-electron chi connectivity index (χ2n) is 5.65. The monoisotopic (exact) mass is 344 g/mol. The number of nitrogens with zero attached hydrogens (tertiary/aromatic N) is 2. The summed E-state index contributed by atoms with van der Waals surface area (Å²) in [4.78, 5) is 24.9. The van der Waals surface area contributed by atoms with Crippen LogP contribution in [-0.4, -0.2) is 53.4 Å². The quantitative estimate of drug-likeness (QED) is 0.657. The summed E-state index contributed by atoms with van der Waals surface area (Å²) in [6.07, 6.45) is 2.22. The molecule has 0 aromatic carbocycles. The molecule has 2 rings (SSSR count). The number of likely N-dealkylation sites (tertiary alicyclic amines) is 1. The lowest BCUT2D eigenvalue weighted by atomic mass is 9.89. The lowest BCUT2D eigenvalue weighted by molar-refractivity contribution is -0.133. The molecule has 1 aromatic heterocycles. The van der Waals surface area contributed by atoms with Crippen LogP contribution in [0, 0.1) is 0 Å². The molecule has 1 aromatic rings. The minimum atomic E-state index is -4.18. The van der Waals surface area contributed by atoms with Gasteiger partial charge in [-0.2, -0.15) is 8.42 Å². The third-order valence-electron chi connectivity index (χ3n) is 4.00. The molecule has 9 nitrogen and oxygen atoms in total. The van der Waals surface area contributed by atoms with Crippen LogP contribution in [0.3, 0.4) is 0 Å². The van der Waals surface area contributed by atoms with E-state index in [2.05, 4.69) is 0 Å². The van der Waals surface area contributed by atoms with E-state index < -0.39 is 22.2 Å². The molecule has 1 aliphatic heterocycles. The van der Waals surface area contributed by atoms with E-state index >= 15 is 0 Å². The molecule has 1 fully saturated rings. The minimum Gasteiger partial charge on any atom is -0.477 e. The van der Waals surface area contributed by atoms with E-state index in [4.69, 9.17) is 10.9 Å². The maximum absolute atomic E-state index is 11.9. The highest BCUT2D eigenvalue weighted by Crippen LogP contribution is 2.31. The van der Waals surface area contributed by atoms with Crippen LogP contribution in [-0.2, 0) is 15.0 Å². The summed E-state index contributed by atoms with van der Waals surface area (Å²) < 4.78 is 23.5. The van der Waals surface area contributed by atoms with Crippen molar-refractivity contribution in [1.82, 2.24) is 8.87 Å². The molecule has 0 spiro atoms. The molecule has 128 valence electrons. The van der Waals surface area contributed by atoms with E-state index in [0.717, 1.165) is 6.20 Å². The first-order chi connectivity index (χ1) is 10.6. The maximum atomic E-state index is 11.9. The number of nitrogens with two attached hydrogens (primary N) is 2. The van der Waals surface area contributed by atoms with Gasteiger partial charge in [-0.1, -0.05) is 0 Å². The number of hydrogen-bond acceptors (Lipinski definition) is 5. The van der Waals surface area contributed by atoms with E-state index in [1.165, 1.54) is 6.07 Å². The Morgan fingerprint density at radius 2 is 1.91 bits per heavy atom. The summed E-state index contributed by atoms with van der Waals surface area (Å²) in [5.74, 6) is -1.65. The van der Waals surface area contributed by atoms with Gasteiger partial charge in [0.15, 0.2) is 0 Å². The van der Waals surface area contributed by atoms with Crippen molar-refractivity contribution in [3.8, 4) is 0 Å². The number of piperidine rings is 1. The Hall–Kier alpha value is -1.91. The van der Waals surface area contributed by atoms with E-state index in [0.29, 0.717) is 35.5 Å². The van der Waals surface area contributed by atoms with Gasteiger partial charge >= 0.3 is 16.2 Å². The van der Waals surface area contributed by atoms with Crippen molar-refractivity contribution in [2.45, 2.75) is 31.7 Å². The molecule has 0 radical (unpaired) electrons. The Labute approximate surface area is 134 Å². The topological polar surface area (TPSA) is 149 Å². The van der Waals surface area contributed by atoms with Crippen LogP contribution in [0.15, 0.2) is 12.3 Å². The van der Waals surface area contributed by atoms with Gasteiger partial charge in [-0.15, -0.1) is 0 Å². The second kappa shape index (κ2) is 6.30. The van der Waals surface area contributed by atoms with Gasteiger partial charge in [0.2, 0.25) is 5.91 Å². The largest absolute Gasteiger partial charge is 0.477 e. The maximum Gasteiger partial charge on any atom is 0.353 e. The number of carboxylic acids is 1. The van der Waals surface area contributed by atoms with Gasteiger partial charge in [0.25, 0.3) is 0 Å². The van der Waals surface area contributed by atoms with Gasteiger partial charge in [-0.25, -0.2) is 13.9 Å². The van der Waals surface area contributed by atoms with Crippen LogP contribution in [0.2, 0.25) is 0 Å². The molecule has 1 atom stereocenters. The van der Waals surface area contributed by atoms with Gasteiger partial charge < -0.3 is 15.7 Å². The molecule has 0 bridgehead atoms. The van der Waals surface area contributed by atoms with Crippen LogP contribution >= 0.6 is 0 Å². The minimum absolute atomic E-state index is 0.149. The molecular formula is C13H20N4O5S. The van der Waals surface area contributed by atoms with E-state index in [-0.39, 0.29) is 17.5 Å². The molecule has 2 heterocycles. The van der Waals surface area contributed by atoms with Gasteiger partial charge in [0, 0.05) is 19.3 Å². The Morgan fingerprint density at radius 1 is 1.35 bits per heavy atom. The first kappa shape index (κ1) is 17.4. The molecule has 0 unspecified atom stereocenters. The number of carbonyl (C=O) groups excluding carboxylic acids is 1. The van der Waals surface area contributed by atoms with Crippen molar-refractivity contribution in [3.05, 3.63) is 23.5 Å². The van der Waals surface area contributed by atoms with E-state index in [9.17, 15) is 23.1 Å². The second-order valence-corrected chi connectivity index (χ2v) is 7.08. The van der Waals surface area contributed by atoms with E-state index in [1.807, 2.05) is 0 Å². The first-order valence-corrected chi connectivity index (χ1v) is 8.65. The predicted molar refractivity (Wildman–Crippen MR) is 82.1 cm³/mol. The van der Waals surface area contributed by atoms with Crippen LogP contribution in [0.25, 0.3) is 0 Å². The van der Waals surface area contributed by atoms with Crippen molar-refractivity contribution >= 4 is 22.1 Å². The average molecular weight is 344 g/mol. The zero-order valence-electron chi connectivity index (χ0n) is 12.7. The number of hydrogen-bond donors (Lipinski definition) is 3. The van der Waals surface area contributed by atoms with Crippen molar-refractivity contribution < 1.29 is 23.1 Å². The predicted octanol–water partition coefficient (Wildman–Crippen LogP) is -0.709. The molecule has 0 saturated carbocycles. The van der Waals surface area contributed by atoms with Crippen molar-refractivity contribution in [1.29, 1.82) is 0 Å². The highest BCUT2D eigenvalue weighted by molar-refractivity contribution is 7.87. The molecule has 23 heavy (non-hydrogen) atoms.